The van der Waals surface area contributed by atoms with Gasteiger partial charge in [-0.15, -0.1) is 24.0 Å². The average molecular weight is 527 g/mol. The molecular formula is C18H30IN3O5S. The first kappa shape index (κ1) is 24.8. The molecule has 1 aliphatic rings. The summed E-state index contributed by atoms with van der Waals surface area (Å²) >= 11 is 0. The van der Waals surface area contributed by atoms with E-state index < -0.39 is 9.84 Å². The van der Waals surface area contributed by atoms with Crippen LogP contribution in [0, 0.1) is 0 Å². The zero-order chi connectivity index (χ0) is 19.9. The highest BCUT2D eigenvalue weighted by molar-refractivity contribution is 14.0. The number of nitrogens with one attached hydrogen (secondary N) is 1. The van der Waals surface area contributed by atoms with E-state index in [1.54, 1.807) is 21.3 Å². The zero-order valence-corrected chi connectivity index (χ0v) is 20.0. The maximum Gasteiger partial charge on any atom is 0.194 e. The minimum Gasteiger partial charge on any atom is -0.493 e. The first-order chi connectivity index (χ1) is 12.9. The number of methoxy groups -OCH3 is 2. The van der Waals surface area contributed by atoms with Gasteiger partial charge in [-0.1, -0.05) is 0 Å². The summed E-state index contributed by atoms with van der Waals surface area (Å²) in [5.74, 6) is 2.30. The van der Waals surface area contributed by atoms with Crippen LogP contribution in [-0.4, -0.2) is 78.9 Å². The van der Waals surface area contributed by atoms with Crippen molar-refractivity contribution < 1.29 is 22.6 Å². The fourth-order valence-electron chi connectivity index (χ4n) is 2.94. The molecule has 0 saturated heterocycles. The highest BCUT2D eigenvalue weighted by atomic mass is 127. The van der Waals surface area contributed by atoms with Crippen molar-refractivity contribution in [1.29, 1.82) is 0 Å². The predicted molar refractivity (Wildman–Crippen MR) is 121 cm³/mol. The molecule has 0 fully saturated rings. The standard InChI is InChI=1S/C18H29N3O5S.HI/c1-19-18(20-6-8-26-9-10-27(4,22)23)21-7-5-14-11-16(24-2)17(25-3)12-15(14)13-21;/h11-12H,5-10,13H2,1-4H3,(H,19,20);1H. The van der Waals surface area contributed by atoms with Gasteiger partial charge in [0.2, 0.25) is 0 Å². The minimum atomic E-state index is -2.99. The van der Waals surface area contributed by atoms with Crippen molar-refractivity contribution >= 4 is 39.8 Å². The molecule has 1 N–H and O–H groups in total. The van der Waals surface area contributed by atoms with E-state index >= 15 is 0 Å². The van der Waals surface area contributed by atoms with Gasteiger partial charge in [0, 0.05) is 32.9 Å². The molecule has 0 aromatic heterocycles. The van der Waals surface area contributed by atoms with Crippen LogP contribution in [0.4, 0.5) is 0 Å². The van der Waals surface area contributed by atoms with Gasteiger partial charge in [0.15, 0.2) is 17.5 Å². The third kappa shape index (κ3) is 7.28. The van der Waals surface area contributed by atoms with Crippen LogP contribution < -0.4 is 14.8 Å². The number of nitrogens with zero attached hydrogens (tertiary/aromatic N) is 2. The highest BCUT2D eigenvalue weighted by Crippen LogP contribution is 2.33. The van der Waals surface area contributed by atoms with Crippen LogP contribution in [-0.2, 0) is 27.5 Å². The predicted octanol–water partition coefficient (Wildman–Crippen LogP) is 1.32. The lowest BCUT2D eigenvalue weighted by molar-refractivity contribution is 0.153. The second-order valence-electron chi connectivity index (χ2n) is 6.36. The number of halogens is 1. The van der Waals surface area contributed by atoms with Gasteiger partial charge in [-0.05, 0) is 29.7 Å². The number of hydrogen-bond donors (Lipinski definition) is 1. The molecule has 0 atom stereocenters. The van der Waals surface area contributed by atoms with Gasteiger partial charge in [0.25, 0.3) is 0 Å². The molecular weight excluding hydrogens is 497 g/mol. The lowest BCUT2D eigenvalue weighted by Crippen LogP contribution is -2.45. The Morgan fingerprint density at radius 1 is 1.18 bits per heavy atom. The number of aliphatic imine (C=N–C) groups is 1. The third-order valence-electron chi connectivity index (χ3n) is 4.36. The minimum absolute atomic E-state index is 0. The van der Waals surface area contributed by atoms with Crippen molar-refractivity contribution in [2.45, 2.75) is 13.0 Å². The molecule has 1 aromatic carbocycles. The second-order valence-corrected chi connectivity index (χ2v) is 8.62. The number of rotatable bonds is 8. The molecule has 1 heterocycles. The van der Waals surface area contributed by atoms with Gasteiger partial charge in [-0.25, -0.2) is 8.42 Å². The first-order valence-electron chi connectivity index (χ1n) is 8.82. The van der Waals surface area contributed by atoms with E-state index in [1.165, 1.54) is 17.4 Å². The smallest absolute Gasteiger partial charge is 0.194 e. The van der Waals surface area contributed by atoms with Gasteiger partial charge in [0.1, 0.15) is 9.84 Å². The van der Waals surface area contributed by atoms with Crippen molar-refractivity contribution in [3.63, 3.8) is 0 Å². The van der Waals surface area contributed by atoms with Crippen molar-refractivity contribution in [1.82, 2.24) is 10.2 Å². The Balaban J connectivity index is 0.00000392. The zero-order valence-electron chi connectivity index (χ0n) is 16.9. The van der Waals surface area contributed by atoms with Gasteiger partial charge in [-0.2, -0.15) is 0 Å². The summed E-state index contributed by atoms with van der Waals surface area (Å²) in [5, 5.41) is 3.26. The summed E-state index contributed by atoms with van der Waals surface area (Å²) in [6.07, 6.45) is 2.09. The van der Waals surface area contributed by atoms with E-state index in [1.807, 2.05) is 12.1 Å². The van der Waals surface area contributed by atoms with Crippen molar-refractivity contribution in [2.24, 2.45) is 4.99 Å². The van der Waals surface area contributed by atoms with Gasteiger partial charge in [0.05, 0.1) is 33.2 Å². The molecule has 0 bridgehead atoms. The fraction of sp³-hybridized carbons (Fsp3) is 0.611. The number of fused-ring (bicyclic) bond motifs is 1. The molecule has 1 aromatic rings. The lowest BCUT2D eigenvalue weighted by Gasteiger charge is -2.32. The summed E-state index contributed by atoms with van der Waals surface area (Å²) < 4.78 is 38.3. The van der Waals surface area contributed by atoms with E-state index in [0.717, 1.165) is 37.0 Å². The molecule has 8 nitrogen and oxygen atoms in total. The van der Waals surface area contributed by atoms with E-state index in [2.05, 4.69) is 15.2 Å². The SMILES string of the molecule is CN=C(NCCOCCS(C)(=O)=O)N1CCc2cc(OC)c(OC)cc2C1.I. The second kappa shape index (κ2) is 11.7. The van der Waals surface area contributed by atoms with Crippen LogP contribution in [0.15, 0.2) is 17.1 Å². The Hall–Kier alpha value is -1.27. The quantitative estimate of drug-likeness (QED) is 0.236. The largest absolute Gasteiger partial charge is 0.493 e. The van der Waals surface area contributed by atoms with Crippen molar-refractivity contribution in [3.8, 4) is 11.5 Å². The molecule has 2 rings (SSSR count). The maximum atomic E-state index is 11.1. The van der Waals surface area contributed by atoms with Crippen LogP contribution >= 0.6 is 24.0 Å². The Morgan fingerprint density at radius 2 is 1.82 bits per heavy atom. The van der Waals surface area contributed by atoms with Crippen LogP contribution in [0.25, 0.3) is 0 Å². The molecule has 0 saturated carbocycles. The Bertz CT molecular complexity index is 771. The van der Waals surface area contributed by atoms with Gasteiger partial charge < -0.3 is 24.4 Å². The van der Waals surface area contributed by atoms with Crippen molar-refractivity contribution in [2.75, 3.05) is 59.6 Å². The summed E-state index contributed by atoms with van der Waals surface area (Å²) in [7, 11) is 2.04. The molecule has 0 aliphatic carbocycles. The van der Waals surface area contributed by atoms with Crippen LogP contribution in [0.2, 0.25) is 0 Å². The van der Waals surface area contributed by atoms with Gasteiger partial charge in [-0.3, -0.25) is 4.99 Å². The molecule has 1 aliphatic heterocycles. The summed E-state index contributed by atoms with van der Waals surface area (Å²) in [4.78, 5) is 6.51. The monoisotopic (exact) mass is 527 g/mol. The maximum absolute atomic E-state index is 11.1. The topological polar surface area (TPSA) is 89.5 Å². The summed E-state index contributed by atoms with van der Waals surface area (Å²) in [6.45, 7) is 2.76. The van der Waals surface area contributed by atoms with E-state index in [9.17, 15) is 8.42 Å². The number of benzene rings is 1. The van der Waals surface area contributed by atoms with Crippen LogP contribution in [0.3, 0.4) is 0 Å². The first-order valence-corrected chi connectivity index (χ1v) is 10.9. The fourth-order valence-corrected chi connectivity index (χ4v) is 3.36. The number of sulfone groups is 1. The molecule has 160 valence electrons. The third-order valence-corrected chi connectivity index (χ3v) is 5.27. The molecule has 0 spiro atoms. The normalized spacial score (nSPS) is 14.1. The summed E-state index contributed by atoms with van der Waals surface area (Å²) in [5.41, 5.74) is 2.44. The number of ether oxygens (including phenoxy) is 3. The summed E-state index contributed by atoms with van der Waals surface area (Å²) in [6, 6.07) is 4.05. The van der Waals surface area contributed by atoms with E-state index in [4.69, 9.17) is 14.2 Å². The molecule has 0 amide bonds. The van der Waals surface area contributed by atoms with E-state index in [-0.39, 0.29) is 36.3 Å². The number of hydrogen-bond acceptors (Lipinski definition) is 6. The number of guanidine groups is 1. The van der Waals surface area contributed by atoms with E-state index in [0.29, 0.717) is 13.2 Å². The molecule has 0 unspecified atom stereocenters. The van der Waals surface area contributed by atoms with Gasteiger partial charge >= 0.3 is 0 Å². The molecule has 28 heavy (non-hydrogen) atoms. The van der Waals surface area contributed by atoms with Crippen LogP contribution in [0.5, 0.6) is 11.5 Å². The lowest BCUT2D eigenvalue weighted by atomic mass is 9.99. The average Bonchev–Trinajstić information content (AvgIpc) is 2.65. The Kier molecular flexibility index (Phi) is 10.3. The Morgan fingerprint density at radius 3 is 2.39 bits per heavy atom. The Labute approximate surface area is 184 Å². The molecule has 0 radical (unpaired) electrons. The molecule has 10 heteroatoms. The van der Waals surface area contributed by atoms with Crippen molar-refractivity contribution in [3.05, 3.63) is 23.3 Å². The van der Waals surface area contributed by atoms with Crippen LogP contribution in [0.1, 0.15) is 11.1 Å². The highest BCUT2D eigenvalue weighted by Gasteiger charge is 2.21.